The number of halogens is 1. The molecule has 33 heavy (non-hydrogen) atoms. The van der Waals surface area contributed by atoms with Gasteiger partial charge in [0, 0.05) is 29.4 Å². The summed E-state index contributed by atoms with van der Waals surface area (Å²) < 4.78 is 30.2. The summed E-state index contributed by atoms with van der Waals surface area (Å²) in [5.41, 5.74) is 0.0186. The van der Waals surface area contributed by atoms with E-state index in [1.807, 2.05) is 6.92 Å². The third kappa shape index (κ3) is 6.20. The highest BCUT2D eigenvalue weighted by atomic mass is 35.5. The number of amides is 1. The molecule has 1 aromatic heterocycles. The molecule has 1 fully saturated rings. The number of rotatable bonds is 8. The molecule has 178 valence electrons. The third-order valence-corrected chi connectivity index (χ3v) is 7.42. The lowest BCUT2D eigenvalue weighted by atomic mass is 10.2. The maximum absolute atomic E-state index is 12.8. The minimum Gasteiger partial charge on any atom is -0.451 e. The summed E-state index contributed by atoms with van der Waals surface area (Å²) in [6, 6.07) is 7.51. The van der Waals surface area contributed by atoms with E-state index in [4.69, 9.17) is 16.3 Å². The van der Waals surface area contributed by atoms with E-state index >= 15 is 0 Å². The molecule has 2 heterocycles. The van der Waals surface area contributed by atoms with Gasteiger partial charge in [-0.05, 0) is 44.0 Å². The standard InChI is InChI=1S/C22H26ClN3O6S/c1-3-4-10-25(18-9-11-33(30,31)14-18)20(28)13-32-22(29)21-19(27)12-15(2)26(24-21)17-7-5-16(23)6-8-17/h5-8,12,18H,3-4,9-11,13-14H2,1-2H3. The first-order valence-electron chi connectivity index (χ1n) is 10.6. The van der Waals surface area contributed by atoms with Crippen LogP contribution < -0.4 is 5.43 Å². The summed E-state index contributed by atoms with van der Waals surface area (Å²) in [6.07, 6.45) is 1.87. The first-order valence-corrected chi connectivity index (χ1v) is 12.8. The molecular formula is C22H26ClN3O6S. The monoisotopic (exact) mass is 495 g/mol. The molecule has 1 atom stereocenters. The topological polar surface area (TPSA) is 116 Å². The summed E-state index contributed by atoms with van der Waals surface area (Å²) in [7, 11) is -3.18. The Morgan fingerprint density at radius 3 is 2.58 bits per heavy atom. The molecule has 2 aromatic rings. The fourth-order valence-electron chi connectivity index (χ4n) is 3.67. The minimum atomic E-state index is -3.18. The molecule has 9 nitrogen and oxygen atoms in total. The van der Waals surface area contributed by atoms with E-state index in [0.717, 1.165) is 6.42 Å². The van der Waals surface area contributed by atoms with Gasteiger partial charge in [0.1, 0.15) is 0 Å². The van der Waals surface area contributed by atoms with Crippen LogP contribution in [0.4, 0.5) is 0 Å². The number of sulfone groups is 1. The molecule has 1 aromatic carbocycles. The second kappa shape index (κ2) is 10.5. The van der Waals surface area contributed by atoms with Gasteiger partial charge in [0.15, 0.2) is 16.4 Å². The smallest absolute Gasteiger partial charge is 0.363 e. The number of carbonyl (C=O) groups excluding carboxylic acids is 2. The van der Waals surface area contributed by atoms with Crippen molar-refractivity contribution in [2.24, 2.45) is 0 Å². The molecule has 0 N–H and O–H groups in total. The van der Waals surface area contributed by atoms with Crippen LogP contribution in [0, 0.1) is 6.92 Å². The molecule has 0 aliphatic carbocycles. The van der Waals surface area contributed by atoms with Gasteiger partial charge in [0.05, 0.1) is 17.2 Å². The molecule has 11 heteroatoms. The van der Waals surface area contributed by atoms with Gasteiger partial charge in [0.25, 0.3) is 5.91 Å². The van der Waals surface area contributed by atoms with Crippen LogP contribution in [-0.4, -0.2) is 65.7 Å². The zero-order valence-corrected chi connectivity index (χ0v) is 20.1. The largest absolute Gasteiger partial charge is 0.451 e. The van der Waals surface area contributed by atoms with E-state index in [1.165, 1.54) is 15.6 Å². The summed E-state index contributed by atoms with van der Waals surface area (Å²) in [6.45, 7) is 3.40. The summed E-state index contributed by atoms with van der Waals surface area (Å²) >= 11 is 5.91. The second-order valence-corrected chi connectivity index (χ2v) is 10.6. The average molecular weight is 496 g/mol. The quantitative estimate of drug-likeness (QED) is 0.515. The van der Waals surface area contributed by atoms with E-state index < -0.39 is 45.5 Å². The van der Waals surface area contributed by atoms with Crippen molar-refractivity contribution in [2.45, 2.75) is 39.2 Å². The molecule has 0 spiro atoms. The average Bonchev–Trinajstić information content (AvgIpc) is 3.12. The molecule has 1 aliphatic heterocycles. The molecule has 1 amide bonds. The van der Waals surface area contributed by atoms with Crippen molar-refractivity contribution in [3.8, 4) is 5.69 Å². The Labute approximate surface area is 197 Å². The Bertz CT molecular complexity index is 1190. The third-order valence-electron chi connectivity index (χ3n) is 5.42. The first kappa shape index (κ1) is 24.9. The molecule has 1 aliphatic rings. The maximum atomic E-state index is 12.8. The fourth-order valence-corrected chi connectivity index (χ4v) is 5.53. The van der Waals surface area contributed by atoms with Crippen LogP contribution in [0.15, 0.2) is 35.1 Å². The van der Waals surface area contributed by atoms with Crippen molar-refractivity contribution in [1.29, 1.82) is 0 Å². The lowest BCUT2D eigenvalue weighted by Gasteiger charge is -2.28. The number of unbranched alkanes of at least 4 members (excludes halogenated alkanes) is 1. The molecular weight excluding hydrogens is 470 g/mol. The number of hydrogen-bond donors (Lipinski definition) is 0. The number of hydrogen-bond acceptors (Lipinski definition) is 7. The second-order valence-electron chi connectivity index (χ2n) is 7.96. The van der Waals surface area contributed by atoms with Crippen molar-refractivity contribution in [3.05, 3.63) is 57.0 Å². The molecule has 0 radical (unpaired) electrons. The summed E-state index contributed by atoms with van der Waals surface area (Å²) in [5, 5.41) is 4.65. The van der Waals surface area contributed by atoms with Crippen LogP contribution in [0.3, 0.4) is 0 Å². The number of aryl methyl sites for hydroxylation is 1. The maximum Gasteiger partial charge on any atom is 0.363 e. The highest BCUT2D eigenvalue weighted by Gasteiger charge is 2.34. The highest BCUT2D eigenvalue weighted by molar-refractivity contribution is 7.91. The van der Waals surface area contributed by atoms with Gasteiger partial charge in [-0.15, -0.1) is 0 Å². The summed E-state index contributed by atoms with van der Waals surface area (Å²) in [4.78, 5) is 39.2. The van der Waals surface area contributed by atoms with Crippen molar-refractivity contribution in [1.82, 2.24) is 14.7 Å². The zero-order chi connectivity index (χ0) is 24.2. The molecule has 3 rings (SSSR count). The van der Waals surface area contributed by atoms with Crippen LogP contribution in [-0.2, 0) is 19.4 Å². The van der Waals surface area contributed by atoms with Gasteiger partial charge in [-0.3, -0.25) is 9.59 Å². The van der Waals surface area contributed by atoms with Crippen LogP contribution in [0.5, 0.6) is 0 Å². The number of nitrogens with zero attached hydrogens (tertiary/aromatic N) is 3. The molecule has 0 saturated carbocycles. The van der Waals surface area contributed by atoms with Crippen molar-refractivity contribution < 1.29 is 22.7 Å². The van der Waals surface area contributed by atoms with E-state index in [9.17, 15) is 22.8 Å². The summed E-state index contributed by atoms with van der Waals surface area (Å²) in [5.74, 6) is -1.58. The van der Waals surface area contributed by atoms with Crippen LogP contribution in [0.25, 0.3) is 5.69 Å². The van der Waals surface area contributed by atoms with Gasteiger partial charge < -0.3 is 9.64 Å². The van der Waals surface area contributed by atoms with Gasteiger partial charge >= 0.3 is 5.97 Å². The van der Waals surface area contributed by atoms with Crippen molar-refractivity contribution in [2.75, 3.05) is 24.7 Å². The lowest BCUT2D eigenvalue weighted by Crippen LogP contribution is -2.44. The van der Waals surface area contributed by atoms with Crippen LogP contribution in [0.2, 0.25) is 5.02 Å². The van der Waals surface area contributed by atoms with Gasteiger partial charge in [-0.25, -0.2) is 17.9 Å². The normalized spacial score (nSPS) is 17.0. The van der Waals surface area contributed by atoms with E-state index in [2.05, 4.69) is 5.10 Å². The predicted octanol–water partition coefficient (Wildman–Crippen LogP) is 2.17. The Morgan fingerprint density at radius 2 is 1.97 bits per heavy atom. The fraction of sp³-hybridized carbons (Fsp3) is 0.455. The number of ether oxygens (including phenoxy) is 1. The predicted molar refractivity (Wildman–Crippen MR) is 124 cm³/mol. The van der Waals surface area contributed by atoms with Crippen molar-refractivity contribution >= 4 is 33.3 Å². The van der Waals surface area contributed by atoms with Gasteiger partial charge in [0.2, 0.25) is 11.1 Å². The molecule has 1 saturated heterocycles. The Kier molecular flexibility index (Phi) is 7.91. The lowest BCUT2D eigenvalue weighted by molar-refractivity contribution is -0.136. The number of esters is 1. The molecule has 0 bridgehead atoms. The Hall–Kier alpha value is -2.72. The van der Waals surface area contributed by atoms with E-state index in [-0.39, 0.29) is 11.5 Å². The van der Waals surface area contributed by atoms with Gasteiger partial charge in [-0.2, -0.15) is 5.10 Å². The zero-order valence-electron chi connectivity index (χ0n) is 18.5. The number of benzene rings is 1. The SMILES string of the molecule is CCCCN(C(=O)COC(=O)c1nn(-c2ccc(Cl)cc2)c(C)cc1=O)C1CCS(=O)(=O)C1. The van der Waals surface area contributed by atoms with Crippen molar-refractivity contribution in [3.63, 3.8) is 0 Å². The Balaban J connectivity index is 1.75. The Morgan fingerprint density at radius 1 is 1.27 bits per heavy atom. The van der Waals surface area contributed by atoms with Gasteiger partial charge in [-0.1, -0.05) is 24.9 Å². The highest BCUT2D eigenvalue weighted by Crippen LogP contribution is 2.19. The van der Waals surface area contributed by atoms with E-state index in [0.29, 0.717) is 35.8 Å². The van der Waals surface area contributed by atoms with E-state index in [1.54, 1.807) is 31.2 Å². The first-order chi connectivity index (χ1) is 15.6. The number of carbonyl (C=O) groups is 2. The minimum absolute atomic E-state index is 0.0326. The number of aromatic nitrogens is 2. The van der Waals surface area contributed by atoms with Crippen LogP contribution in [0.1, 0.15) is 42.4 Å². The molecule has 1 unspecified atom stereocenters. The van der Waals surface area contributed by atoms with Crippen LogP contribution >= 0.6 is 11.6 Å².